The Kier molecular flexibility index (Phi) is 6.54. The lowest BCUT2D eigenvalue weighted by Crippen LogP contribution is -3.15. The Bertz CT molecular complexity index is 570. The van der Waals surface area contributed by atoms with Crippen LogP contribution in [0.1, 0.15) is 27.2 Å². The highest BCUT2D eigenvalue weighted by Crippen LogP contribution is 2.18. The van der Waals surface area contributed by atoms with Crippen LogP contribution >= 0.6 is 0 Å². The molecule has 0 radical (unpaired) electrons. The highest BCUT2D eigenvalue weighted by atomic mass is 16.2. The van der Waals surface area contributed by atoms with Gasteiger partial charge < -0.3 is 20.0 Å². The van der Waals surface area contributed by atoms with Crippen molar-refractivity contribution in [3.8, 4) is 0 Å². The Morgan fingerprint density at radius 2 is 1.69 bits per heavy atom. The molecule has 26 heavy (non-hydrogen) atoms. The highest BCUT2D eigenvalue weighted by Gasteiger charge is 2.26. The third kappa shape index (κ3) is 5.21. The van der Waals surface area contributed by atoms with Gasteiger partial charge in [-0.1, -0.05) is 13.8 Å². The van der Waals surface area contributed by atoms with Crippen molar-refractivity contribution in [3.63, 3.8) is 0 Å². The predicted octanol–water partition coefficient (Wildman–Crippen LogP) is -0.0893. The summed E-state index contributed by atoms with van der Waals surface area (Å²) < 4.78 is 0. The third-order valence-electron chi connectivity index (χ3n) is 5.98. The molecule has 2 aliphatic heterocycles. The number of carbonyl (C=O) groups is 1. The summed E-state index contributed by atoms with van der Waals surface area (Å²) in [5, 5.41) is 3.08. The zero-order valence-electron chi connectivity index (χ0n) is 16.7. The average Bonchev–Trinajstić information content (AvgIpc) is 2.61. The largest absolute Gasteiger partial charge is 0.360 e. The molecule has 0 unspecified atom stereocenters. The maximum absolute atomic E-state index is 12.4. The van der Waals surface area contributed by atoms with Gasteiger partial charge in [-0.05, 0) is 37.6 Å². The summed E-state index contributed by atoms with van der Waals surface area (Å²) >= 11 is 0. The molecule has 0 spiro atoms. The topological polar surface area (TPSA) is 41.2 Å². The lowest BCUT2D eigenvalue weighted by molar-refractivity contribution is -0.904. The lowest BCUT2D eigenvalue weighted by atomic mass is 9.92. The molecule has 1 aromatic carbocycles. The van der Waals surface area contributed by atoms with E-state index in [1.807, 2.05) is 12.1 Å². The molecular formula is C21H36N4O+2. The smallest absolute Gasteiger partial charge is 0.279 e. The van der Waals surface area contributed by atoms with E-state index < -0.39 is 0 Å². The minimum atomic E-state index is 0.134. The number of piperazine rings is 1. The van der Waals surface area contributed by atoms with Crippen LogP contribution in [0.4, 0.5) is 11.4 Å². The van der Waals surface area contributed by atoms with Crippen molar-refractivity contribution in [1.29, 1.82) is 0 Å². The monoisotopic (exact) mass is 360 g/mol. The summed E-state index contributed by atoms with van der Waals surface area (Å²) in [6.45, 7) is 15.5. The molecule has 144 valence electrons. The first-order valence-corrected chi connectivity index (χ1v) is 10.4. The molecule has 1 aromatic rings. The van der Waals surface area contributed by atoms with Gasteiger partial charge in [-0.2, -0.15) is 0 Å². The number of rotatable bonds is 5. The van der Waals surface area contributed by atoms with Gasteiger partial charge in [-0.3, -0.25) is 4.79 Å². The fourth-order valence-electron chi connectivity index (χ4n) is 4.69. The van der Waals surface area contributed by atoms with Crippen LogP contribution in [0.15, 0.2) is 24.3 Å². The lowest BCUT2D eigenvalue weighted by Gasteiger charge is -2.33. The highest BCUT2D eigenvalue weighted by molar-refractivity contribution is 5.91. The normalized spacial score (nSPS) is 27.3. The number of amides is 1. The summed E-state index contributed by atoms with van der Waals surface area (Å²) in [5.74, 6) is 1.57. The van der Waals surface area contributed by atoms with Crippen molar-refractivity contribution >= 4 is 17.3 Å². The van der Waals surface area contributed by atoms with E-state index in [2.05, 4.69) is 43.1 Å². The fraction of sp³-hybridized carbons (Fsp3) is 0.667. The van der Waals surface area contributed by atoms with Gasteiger partial charge in [-0.15, -0.1) is 0 Å². The fourth-order valence-corrected chi connectivity index (χ4v) is 4.69. The first-order valence-electron chi connectivity index (χ1n) is 10.4. The van der Waals surface area contributed by atoms with E-state index >= 15 is 0 Å². The number of nitrogens with zero attached hydrogens (tertiary/aromatic N) is 1. The van der Waals surface area contributed by atoms with E-state index in [0.717, 1.165) is 43.7 Å². The van der Waals surface area contributed by atoms with E-state index in [1.165, 1.54) is 36.6 Å². The maximum atomic E-state index is 12.4. The number of carbonyl (C=O) groups excluding carboxylic acids is 1. The van der Waals surface area contributed by atoms with E-state index in [9.17, 15) is 4.79 Å². The first-order chi connectivity index (χ1) is 12.5. The molecular weight excluding hydrogens is 324 g/mol. The molecule has 0 aromatic heterocycles. The van der Waals surface area contributed by atoms with Crippen molar-refractivity contribution in [3.05, 3.63) is 24.3 Å². The molecule has 0 bridgehead atoms. The quantitative estimate of drug-likeness (QED) is 0.687. The molecule has 1 amide bonds. The number of piperidine rings is 1. The molecule has 0 aliphatic carbocycles. The number of quaternary nitrogens is 2. The number of likely N-dealkylation sites (tertiary alicyclic amines) is 1. The second kappa shape index (κ2) is 8.87. The Morgan fingerprint density at radius 1 is 1.08 bits per heavy atom. The van der Waals surface area contributed by atoms with Crippen molar-refractivity contribution in [1.82, 2.24) is 0 Å². The van der Waals surface area contributed by atoms with Gasteiger partial charge in [0, 0.05) is 23.2 Å². The van der Waals surface area contributed by atoms with Gasteiger partial charge in [-0.25, -0.2) is 0 Å². The van der Waals surface area contributed by atoms with Crippen molar-refractivity contribution in [2.45, 2.75) is 27.2 Å². The van der Waals surface area contributed by atoms with Crippen LogP contribution in [-0.2, 0) is 4.79 Å². The SMILES string of the molecule is CC[NH+]1CCN(c2ccc(NC(=O)C[NH+]3C[C@H](C)C[C@@H](C)C3)cc2)CC1. The van der Waals surface area contributed by atoms with Gasteiger partial charge in [0.15, 0.2) is 6.54 Å². The molecule has 5 heteroatoms. The molecule has 0 saturated carbocycles. The Labute approximate surface area is 158 Å². The van der Waals surface area contributed by atoms with Crippen LogP contribution in [0, 0.1) is 11.8 Å². The molecule has 2 saturated heterocycles. The number of hydrogen-bond acceptors (Lipinski definition) is 2. The van der Waals surface area contributed by atoms with Gasteiger partial charge in [0.05, 0.1) is 45.8 Å². The van der Waals surface area contributed by atoms with Gasteiger partial charge in [0.1, 0.15) is 0 Å². The molecule has 2 fully saturated rings. The van der Waals surface area contributed by atoms with Gasteiger partial charge >= 0.3 is 0 Å². The van der Waals surface area contributed by atoms with Crippen LogP contribution in [0.5, 0.6) is 0 Å². The second-order valence-corrected chi connectivity index (χ2v) is 8.47. The second-order valence-electron chi connectivity index (χ2n) is 8.47. The van der Waals surface area contributed by atoms with Crippen LogP contribution < -0.4 is 20.0 Å². The van der Waals surface area contributed by atoms with E-state index in [4.69, 9.17) is 0 Å². The van der Waals surface area contributed by atoms with Gasteiger partial charge in [0.25, 0.3) is 5.91 Å². The number of hydrogen-bond donors (Lipinski definition) is 3. The standard InChI is InChI=1S/C21H34N4O/c1-4-23-9-11-25(12-10-23)20-7-5-19(6-8-20)22-21(26)16-24-14-17(2)13-18(3)15-24/h5-8,17-18H,4,9-16H2,1-3H3,(H,22,26)/p+2/t17-,18-/m1/s1. The van der Waals surface area contributed by atoms with Crippen LogP contribution in [-0.4, -0.2) is 58.3 Å². The number of likely N-dealkylation sites (N-methyl/N-ethyl adjacent to an activating group) is 1. The summed E-state index contributed by atoms with van der Waals surface area (Å²) in [6.07, 6.45) is 1.29. The van der Waals surface area contributed by atoms with Crippen molar-refractivity contribution in [2.24, 2.45) is 11.8 Å². The molecule has 2 heterocycles. The molecule has 3 N–H and O–H groups in total. The first kappa shape index (κ1) is 19.2. The van der Waals surface area contributed by atoms with E-state index in [-0.39, 0.29) is 5.91 Å². The van der Waals surface area contributed by atoms with Crippen molar-refractivity contribution in [2.75, 3.05) is 62.6 Å². The number of anilines is 2. The third-order valence-corrected chi connectivity index (χ3v) is 5.98. The minimum absolute atomic E-state index is 0.134. The average molecular weight is 361 g/mol. The minimum Gasteiger partial charge on any atom is -0.360 e. The molecule has 5 nitrogen and oxygen atoms in total. The van der Waals surface area contributed by atoms with Crippen LogP contribution in [0.2, 0.25) is 0 Å². The van der Waals surface area contributed by atoms with E-state index in [0.29, 0.717) is 6.54 Å². The Balaban J connectivity index is 1.48. The molecule has 3 rings (SSSR count). The van der Waals surface area contributed by atoms with Crippen LogP contribution in [0.25, 0.3) is 0 Å². The summed E-state index contributed by atoms with van der Waals surface area (Å²) in [5.41, 5.74) is 2.18. The summed E-state index contributed by atoms with van der Waals surface area (Å²) in [7, 11) is 0. The Morgan fingerprint density at radius 3 is 2.27 bits per heavy atom. The summed E-state index contributed by atoms with van der Waals surface area (Å²) in [4.78, 5) is 18.0. The van der Waals surface area contributed by atoms with Crippen molar-refractivity contribution < 1.29 is 14.6 Å². The number of nitrogens with one attached hydrogen (secondary N) is 3. The predicted molar refractivity (Wildman–Crippen MR) is 107 cm³/mol. The Hall–Kier alpha value is -1.59. The zero-order chi connectivity index (χ0) is 18.5. The molecule has 2 atom stereocenters. The summed E-state index contributed by atoms with van der Waals surface area (Å²) in [6, 6.07) is 8.38. The number of benzene rings is 1. The molecule has 2 aliphatic rings. The maximum Gasteiger partial charge on any atom is 0.279 e. The zero-order valence-corrected chi connectivity index (χ0v) is 16.7. The van der Waals surface area contributed by atoms with E-state index in [1.54, 1.807) is 4.90 Å². The van der Waals surface area contributed by atoms with Gasteiger partial charge in [0.2, 0.25) is 0 Å². The van der Waals surface area contributed by atoms with Crippen LogP contribution in [0.3, 0.4) is 0 Å².